The minimum atomic E-state index is -1.03. The van der Waals surface area contributed by atoms with Crippen molar-refractivity contribution in [3.8, 4) is 11.1 Å². The summed E-state index contributed by atoms with van der Waals surface area (Å²) in [4.78, 5) is 38.0. The van der Waals surface area contributed by atoms with Crippen LogP contribution >= 0.6 is 0 Å². The van der Waals surface area contributed by atoms with Crippen molar-refractivity contribution in [2.45, 2.75) is 44.2 Å². The highest BCUT2D eigenvalue weighted by Crippen LogP contribution is 2.44. The quantitative estimate of drug-likeness (QED) is 0.578. The highest BCUT2D eigenvalue weighted by Gasteiger charge is 2.34. The summed E-state index contributed by atoms with van der Waals surface area (Å²) in [6, 6.07) is 15.7. The number of amides is 2. The van der Waals surface area contributed by atoms with Gasteiger partial charge >= 0.3 is 12.1 Å². The van der Waals surface area contributed by atoms with Crippen molar-refractivity contribution in [1.82, 2.24) is 10.2 Å². The molecule has 1 aliphatic carbocycles. The molecule has 2 aromatic carbocycles. The maximum Gasteiger partial charge on any atom is 0.407 e. The predicted molar refractivity (Wildman–Crippen MR) is 125 cm³/mol. The molecule has 1 saturated heterocycles. The Morgan fingerprint density at radius 2 is 1.68 bits per heavy atom. The molecule has 0 bridgehead atoms. The summed E-state index contributed by atoms with van der Waals surface area (Å²) in [5, 5.41) is 22.0. The summed E-state index contributed by atoms with van der Waals surface area (Å²) in [5.41, 5.74) is 4.53. The molecule has 0 aromatic heterocycles. The second kappa shape index (κ2) is 10.3. The smallest absolute Gasteiger partial charge is 0.407 e. The Labute approximate surface area is 198 Å². The number of aliphatic carboxylic acids is 1. The van der Waals surface area contributed by atoms with Gasteiger partial charge in [0.2, 0.25) is 5.91 Å². The summed E-state index contributed by atoms with van der Waals surface area (Å²) in [6.07, 6.45) is -0.805. The molecule has 2 aliphatic rings. The summed E-state index contributed by atoms with van der Waals surface area (Å²) < 4.78 is 5.57. The Morgan fingerprint density at radius 1 is 1.06 bits per heavy atom. The van der Waals surface area contributed by atoms with Crippen LogP contribution in [-0.4, -0.2) is 64.9 Å². The second-order valence-corrected chi connectivity index (χ2v) is 9.00. The zero-order valence-corrected chi connectivity index (χ0v) is 19.1. The van der Waals surface area contributed by atoms with Crippen LogP contribution in [0.25, 0.3) is 11.1 Å². The molecular weight excluding hydrogens is 436 g/mol. The lowest BCUT2D eigenvalue weighted by atomic mass is 9.95. The topological polar surface area (TPSA) is 116 Å². The molecule has 3 N–H and O–H groups in total. The molecule has 4 rings (SSSR count). The number of alkyl carbamates (subject to hydrolysis) is 1. The number of hydrogen-bond donors (Lipinski definition) is 3. The molecular formula is C26H30N2O6. The number of hydrogen-bond acceptors (Lipinski definition) is 5. The monoisotopic (exact) mass is 466 g/mol. The molecule has 34 heavy (non-hydrogen) atoms. The molecule has 0 saturated carbocycles. The number of aliphatic hydroxyl groups excluding tert-OH is 1. The van der Waals surface area contributed by atoms with Crippen molar-refractivity contribution in [2.24, 2.45) is 5.92 Å². The third-order valence-corrected chi connectivity index (χ3v) is 6.71. The van der Waals surface area contributed by atoms with Crippen molar-refractivity contribution >= 4 is 18.0 Å². The zero-order chi connectivity index (χ0) is 24.2. The van der Waals surface area contributed by atoms with E-state index in [4.69, 9.17) is 4.74 Å². The molecule has 8 nitrogen and oxygen atoms in total. The van der Waals surface area contributed by atoms with E-state index < -0.39 is 30.1 Å². The van der Waals surface area contributed by atoms with E-state index in [0.717, 1.165) is 22.3 Å². The van der Waals surface area contributed by atoms with Gasteiger partial charge in [-0.3, -0.25) is 9.59 Å². The van der Waals surface area contributed by atoms with Crippen LogP contribution in [0.4, 0.5) is 4.79 Å². The number of rotatable bonds is 7. The van der Waals surface area contributed by atoms with E-state index in [1.54, 1.807) is 0 Å². The van der Waals surface area contributed by atoms with Gasteiger partial charge in [-0.1, -0.05) is 55.5 Å². The van der Waals surface area contributed by atoms with Crippen LogP contribution in [-0.2, 0) is 14.3 Å². The van der Waals surface area contributed by atoms with Crippen LogP contribution < -0.4 is 5.32 Å². The molecule has 0 spiro atoms. The Kier molecular flexibility index (Phi) is 7.17. The van der Waals surface area contributed by atoms with Gasteiger partial charge in [0.25, 0.3) is 0 Å². The number of nitrogens with one attached hydrogen (secondary N) is 1. The minimum absolute atomic E-state index is 0.0136. The fourth-order valence-electron chi connectivity index (χ4n) is 4.90. The highest BCUT2D eigenvalue weighted by molar-refractivity contribution is 5.80. The molecule has 0 radical (unpaired) electrons. The van der Waals surface area contributed by atoms with Crippen LogP contribution in [0.2, 0.25) is 0 Å². The number of nitrogens with zero attached hydrogens (tertiary/aromatic N) is 1. The summed E-state index contributed by atoms with van der Waals surface area (Å²) in [6.45, 7) is 2.20. The number of carboxylic acid groups (broad SMARTS) is 1. The summed E-state index contributed by atoms with van der Waals surface area (Å²) >= 11 is 0. The molecule has 8 heteroatoms. The number of likely N-dealkylation sites (tertiary alicyclic amines) is 1. The van der Waals surface area contributed by atoms with Crippen molar-refractivity contribution in [1.29, 1.82) is 0 Å². The summed E-state index contributed by atoms with van der Waals surface area (Å²) in [7, 11) is 0. The van der Waals surface area contributed by atoms with Crippen LogP contribution in [0.3, 0.4) is 0 Å². The van der Waals surface area contributed by atoms with Crippen LogP contribution in [0.1, 0.15) is 43.2 Å². The normalized spacial score (nSPS) is 20.2. The standard InChI is InChI=1S/C26H30N2O6/c1-2-17(12-24(30)28-13-16(25(31)32)11-18(29)14-28)27-26(33)34-15-23-21-9-5-3-7-19(21)20-8-4-6-10-22(20)23/h3-10,16-18,23,29H,2,11-15H2,1H3,(H,27,33)(H,31,32)/t16?,17-,18?/m1/s1. The largest absolute Gasteiger partial charge is 0.481 e. The molecule has 180 valence electrons. The van der Waals surface area contributed by atoms with Crippen molar-refractivity contribution in [3.05, 3.63) is 59.7 Å². The molecule has 2 unspecified atom stereocenters. The van der Waals surface area contributed by atoms with Gasteiger partial charge in [0.15, 0.2) is 0 Å². The molecule has 1 fully saturated rings. The SMILES string of the molecule is CC[C@H](CC(=O)N1CC(O)CC(C(=O)O)C1)NC(=O)OCC1c2ccccc2-c2ccccc21. The number of fused-ring (bicyclic) bond motifs is 3. The van der Waals surface area contributed by atoms with E-state index in [2.05, 4.69) is 17.4 Å². The number of piperidine rings is 1. The molecule has 2 amide bonds. The number of carboxylic acids is 1. The van der Waals surface area contributed by atoms with Gasteiger partial charge in [-0.05, 0) is 35.1 Å². The van der Waals surface area contributed by atoms with E-state index in [1.807, 2.05) is 43.3 Å². The highest BCUT2D eigenvalue weighted by atomic mass is 16.5. The van der Waals surface area contributed by atoms with Crippen molar-refractivity contribution in [2.75, 3.05) is 19.7 Å². The number of benzene rings is 2. The molecule has 1 heterocycles. The van der Waals surface area contributed by atoms with Gasteiger partial charge in [-0.25, -0.2) is 4.79 Å². The minimum Gasteiger partial charge on any atom is -0.481 e. The van der Waals surface area contributed by atoms with E-state index in [9.17, 15) is 24.6 Å². The van der Waals surface area contributed by atoms with Crippen molar-refractivity contribution < 1.29 is 29.3 Å². The van der Waals surface area contributed by atoms with Gasteiger partial charge in [-0.15, -0.1) is 0 Å². The third kappa shape index (κ3) is 5.07. The number of aliphatic hydroxyl groups is 1. The number of ether oxygens (including phenoxy) is 1. The van der Waals surface area contributed by atoms with Crippen LogP contribution in [0.5, 0.6) is 0 Å². The third-order valence-electron chi connectivity index (χ3n) is 6.71. The van der Waals surface area contributed by atoms with E-state index >= 15 is 0 Å². The van der Waals surface area contributed by atoms with Gasteiger partial charge in [-0.2, -0.15) is 0 Å². The number of carbonyl (C=O) groups is 3. The Balaban J connectivity index is 1.33. The first-order chi connectivity index (χ1) is 16.4. The fraction of sp³-hybridized carbons (Fsp3) is 0.423. The number of β-amino-alcohol motifs (C(OH)–C–C–N with tert-alkyl or cyclic N) is 1. The fourth-order valence-corrected chi connectivity index (χ4v) is 4.90. The lowest BCUT2D eigenvalue weighted by molar-refractivity contribution is -0.148. The zero-order valence-electron chi connectivity index (χ0n) is 19.1. The number of carbonyl (C=O) groups excluding carboxylic acids is 2. The van der Waals surface area contributed by atoms with E-state index in [0.29, 0.717) is 6.42 Å². The van der Waals surface area contributed by atoms with Crippen LogP contribution in [0.15, 0.2) is 48.5 Å². The first-order valence-electron chi connectivity index (χ1n) is 11.7. The van der Waals surface area contributed by atoms with Gasteiger partial charge in [0.1, 0.15) is 6.61 Å². The molecule has 2 aromatic rings. The predicted octanol–water partition coefficient (Wildman–Crippen LogP) is 2.99. The first kappa shape index (κ1) is 23.8. The van der Waals surface area contributed by atoms with Crippen LogP contribution in [0, 0.1) is 5.92 Å². The lowest BCUT2D eigenvalue weighted by Crippen LogP contribution is -2.50. The average molecular weight is 467 g/mol. The molecule has 3 atom stereocenters. The first-order valence-corrected chi connectivity index (χ1v) is 11.7. The Bertz CT molecular complexity index is 1030. The Hall–Kier alpha value is -3.39. The summed E-state index contributed by atoms with van der Waals surface area (Å²) in [5.74, 6) is -2.17. The van der Waals surface area contributed by atoms with Gasteiger partial charge in [0.05, 0.1) is 12.0 Å². The van der Waals surface area contributed by atoms with Crippen molar-refractivity contribution in [3.63, 3.8) is 0 Å². The maximum absolute atomic E-state index is 12.7. The van der Waals surface area contributed by atoms with E-state index in [1.165, 1.54) is 4.90 Å². The van der Waals surface area contributed by atoms with E-state index in [-0.39, 0.29) is 44.4 Å². The average Bonchev–Trinajstić information content (AvgIpc) is 3.15. The van der Waals surface area contributed by atoms with Gasteiger partial charge in [0, 0.05) is 31.5 Å². The second-order valence-electron chi connectivity index (χ2n) is 9.00. The maximum atomic E-state index is 12.7. The van der Waals surface area contributed by atoms with Gasteiger partial charge < -0.3 is 25.2 Å². The molecule has 1 aliphatic heterocycles. The Morgan fingerprint density at radius 3 is 2.26 bits per heavy atom. The lowest BCUT2D eigenvalue weighted by Gasteiger charge is -2.34.